The van der Waals surface area contributed by atoms with Crippen LogP contribution in [0.5, 0.6) is 0 Å². The van der Waals surface area contributed by atoms with Gasteiger partial charge in [-0.3, -0.25) is 9.12 Å². The first-order chi connectivity index (χ1) is 9.80. The van der Waals surface area contributed by atoms with Gasteiger partial charge in [0.2, 0.25) is 0 Å². The number of halogens is 2. The van der Waals surface area contributed by atoms with Crippen molar-refractivity contribution in [3.63, 3.8) is 0 Å². The summed E-state index contributed by atoms with van der Waals surface area (Å²) in [5, 5.41) is 2.71. The van der Waals surface area contributed by atoms with Crippen LogP contribution >= 0.6 is 42.6 Å². The van der Waals surface area contributed by atoms with Gasteiger partial charge in [-0.25, -0.2) is 9.76 Å². The number of rotatable bonds is 9. The Hall–Kier alpha value is 1.55. The number of nitrogens with zero attached hydrogens (tertiary/aromatic N) is 1. The fourth-order valence-electron chi connectivity index (χ4n) is 1.72. The van der Waals surface area contributed by atoms with E-state index in [1.165, 1.54) is 11.8 Å². The molecular formula is C9H20Cl2LiN2O5PS2. The molecule has 0 spiro atoms. The first kappa shape index (κ1) is 23.5. The van der Waals surface area contributed by atoms with Crippen molar-refractivity contribution >= 4 is 71.6 Å². The van der Waals surface area contributed by atoms with Gasteiger partial charge < -0.3 is 4.52 Å². The van der Waals surface area contributed by atoms with Gasteiger partial charge in [-0.1, -0.05) is 0 Å². The van der Waals surface area contributed by atoms with Gasteiger partial charge in [-0.2, -0.15) is 8.42 Å². The minimum atomic E-state index is -3.98. The van der Waals surface area contributed by atoms with E-state index < -0.39 is 17.8 Å². The van der Waals surface area contributed by atoms with Crippen LogP contribution in [0, 0.1) is 0 Å². The molecule has 1 aliphatic heterocycles. The number of nitrogens with one attached hydrogen (secondary N) is 1. The Kier molecular flexibility index (Phi) is 12.0. The van der Waals surface area contributed by atoms with Crippen molar-refractivity contribution < 1.29 is 22.1 Å². The van der Waals surface area contributed by atoms with Gasteiger partial charge in [0.05, 0.1) is 17.7 Å². The summed E-state index contributed by atoms with van der Waals surface area (Å²) in [4.78, 5) is 0. The molecule has 128 valence electrons. The molecule has 2 unspecified atom stereocenters. The molecule has 13 heteroatoms. The molecule has 0 bridgehead atoms. The summed E-state index contributed by atoms with van der Waals surface area (Å²) in [6.45, 7) is 1.05. The van der Waals surface area contributed by atoms with Crippen molar-refractivity contribution in [2.24, 2.45) is 0 Å². The molecule has 0 aromatic carbocycles. The van der Waals surface area contributed by atoms with E-state index in [0.717, 1.165) is 0 Å². The number of hydrogen-bond donors (Lipinski definition) is 2. The van der Waals surface area contributed by atoms with Crippen LogP contribution < -0.4 is 5.09 Å². The number of thioether (sulfide) groups is 1. The Balaban J connectivity index is 0.00000441. The molecule has 2 N–H and O–H groups in total. The second-order valence-electron chi connectivity index (χ2n) is 4.25. The zero-order chi connectivity index (χ0) is 15.9. The fraction of sp³-hybridized carbons (Fsp3) is 1.00. The molecular weight excluding hydrogens is 389 g/mol. The molecule has 0 aliphatic carbocycles. The topological polar surface area (TPSA) is 95.9 Å². The van der Waals surface area contributed by atoms with Crippen LogP contribution in [0.15, 0.2) is 0 Å². The van der Waals surface area contributed by atoms with E-state index in [1.54, 1.807) is 4.67 Å². The van der Waals surface area contributed by atoms with Gasteiger partial charge in [0.25, 0.3) is 10.1 Å². The Morgan fingerprint density at radius 3 is 2.45 bits per heavy atom. The molecule has 0 saturated carbocycles. The summed E-state index contributed by atoms with van der Waals surface area (Å²) in [6, 6.07) is 0. The van der Waals surface area contributed by atoms with Gasteiger partial charge in [0.1, 0.15) is 0 Å². The molecule has 1 fully saturated rings. The average molecular weight is 409 g/mol. The van der Waals surface area contributed by atoms with Crippen LogP contribution in [0.2, 0.25) is 0 Å². The first-order valence-corrected chi connectivity index (χ1v) is 11.6. The summed E-state index contributed by atoms with van der Waals surface area (Å²) in [7, 11) is -7.19. The number of alkyl halides is 2. The van der Waals surface area contributed by atoms with E-state index in [4.69, 9.17) is 32.3 Å². The van der Waals surface area contributed by atoms with Gasteiger partial charge in [-0.05, 0) is 6.42 Å². The molecule has 0 amide bonds. The molecule has 0 radical (unpaired) electrons. The van der Waals surface area contributed by atoms with Crippen LogP contribution in [-0.4, -0.2) is 84.8 Å². The summed E-state index contributed by atoms with van der Waals surface area (Å²) < 4.78 is 49.8. The second kappa shape index (κ2) is 11.2. The maximum absolute atomic E-state index is 12.8. The third kappa shape index (κ3) is 8.59. The Morgan fingerprint density at radius 2 is 1.95 bits per heavy atom. The molecule has 1 rings (SSSR count). The summed E-state index contributed by atoms with van der Waals surface area (Å²) in [6.07, 6.45) is 0.593. The summed E-state index contributed by atoms with van der Waals surface area (Å²) in [5.74, 6) is 0.467. The normalized spacial score (nSPS) is 25.9. The van der Waals surface area contributed by atoms with E-state index in [-0.39, 0.29) is 35.7 Å². The Labute approximate surface area is 157 Å². The molecule has 1 aliphatic rings. The van der Waals surface area contributed by atoms with E-state index in [0.29, 0.717) is 37.9 Å². The van der Waals surface area contributed by atoms with Gasteiger partial charge in [0.15, 0.2) is 0 Å². The average Bonchev–Trinajstić information content (AvgIpc) is 2.37. The van der Waals surface area contributed by atoms with Crippen molar-refractivity contribution in [3.05, 3.63) is 0 Å². The van der Waals surface area contributed by atoms with E-state index in [1.807, 2.05) is 0 Å². The van der Waals surface area contributed by atoms with Crippen LogP contribution in [0.4, 0.5) is 0 Å². The molecule has 2 atom stereocenters. The quantitative estimate of drug-likeness (QED) is 0.254. The second-order valence-corrected chi connectivity index (χ2v) is 10.0. The van der Waals surface area contributed by atoms with Crippen molar-refractivity contribution in [2.45, 2.75) is 11.8 Å². The Bertz CT molecular complexity index is 467. The molecule has 0 aromatic rings. The molecule has 22 heavy (non-hydrogen) atoms. The van der Waals surface area contributed by atoms with Crippen molar-refractivity contribution in [2.75, 3.05) is 43.0 Å². The predicted molar refractivity (Wildman–Crippen MR) is 94.1 cm³/mol. The zero-order valence-corrected chi connectivity index (χ0v) is 15.3. The van der Waals surface area contributed by atoms with Gasteiger partial charge in [-0.15, -0.1) is 35.0 Å². The van der Waals surface area contributed by atoms with E-state index >= 15 is 0 Å². The minimum absolute atomic E-state index is 0. The standard InChI is InChI=1S/C9H19Cl2N2O5PS2.Li.H/c10-2-4-13(5-3-11)19(14)12-9(1-6-18-19)20-7-8-21(15,16)17;;/h9H,1-8H2,(H,12,14)(H,15,16,17);;. The van der Waals surface area contributed by atoms with Gasteiger partial charge in [0, 0.05) is 30.6 Å². The number of hydrogen-bond acceptors (Lipinski definition) is 5. The van der Waals surface area contributed by atoms with Gasteiger partial charge >= 0.3 is 26.5 Å². The third-order valence-corrected chi connectivity index (χ3v) is 7.67. The Morgan fingerprint density at radius 1 is 1.36 bits per heavy atom. The van der Waals surface area contributed by atoms with Crippen LogP contribution in [0.3, 0.4) is 0 Å². The van der Waals surface area contributed by atoms with Crippen molar-refractivity contribution in [1.82, 2.24) is 9.76 Å². The molecule has 7 nitrogen and oxygen atoms in total. The molecule has 0 aromatic heterocycles. The fourth-order valence-corrected chi connectivity index (χ4v) is 6.81. The zero-order valence-electron chi connectivity index (χ0n) is 11.3. The van der Waals surface area contributed by atoms with E-state index in [9.17, 15) is 13.0 Å². The van der Waals surface area contributed by atoms with Crippen LogP contribution in [0.1, 0.15) is 6.42 Å². The first-order valence-electron chi connectivity index (χ1n) is 6.27. The summed E-state index contributed by atoms with van der Waals surface area (Å²) >= 11 is 12.7. The maximum atomic E-state index is 12.8. The summed E-state index contributed by atoms with van der Waals surface area (Å²) in [5.41, 5.74) is 0. The van der Waals surface area contributed by atoms with E-state index in [2.05, 4.69) is 5.09 Å². The molecule has 1 saturated heterocycles. The SMILES string of the molecule is O=P1(N(CCCl)CCCl)NC(SCCS(=O)(=O)O)CCO1.[LiH]. The predicted octanol–water partition coefficient (Wildman–Crippen LogP) is 1.18. The monoisotopic (exact) mass is 408 g/mol. The molecule has 1 heterocycles. The van der Waals surface area contributed by atoms with Crippen LogP contribution in [-0.2, 0) is 19.2 Å². The van der Waals surface area contributed by atoms with Crippen molar-refractivity contribution in [1.29, 1.82) is 0 Å². The van der Waals surface area contributed by atoms with Crippen LogP contribution in [0.25, 0.3) is 0 Å². The van der Waals surface area contributed by atoms with Crippen molar-refractivity contribution in [3.8, 4) is 0 Å². The third-order valence-electron chi connectivity index (χ3n) is 2.67.